The number of hydrogen-bond acceptors (Lipinski definition) is 34. The van der Waals surface area contributed by atoms with Crippen LogP contribution >= 0.6 is 106 Å². The largest absolute Gasteiger partial charge is 0.451 e. The zero-order chi connectivity index (χ0) is 90.9. The monoisotopic (exact) mass is 1910 g/mol. The lowest BCUT2D eigenvalue weighted by atomic mass is 10.2. The van der Waals surface area contributed by atoms with E-state index >= 15 is 0 Å². The number of para-hydroxylation sites is 12. The van der Waals surface area contributed by atoms with E-state index in [-0.39, 0.29) is 0 Å². The van der Waals surface area contributed by atoms with Crippen molar-refractivity contribution in [2.24, 2.45) is 35.7 Å². The van der Waals surface area contributed by atoms with Crippen molar-refractivity contribution in [3.8, 4) is 69.0 Å². The molecule has 6 aliphatic heterocycles. The molecule has 11 N–H and O–H groups in total. The molecule has 0 saturated carbocycles. The predicted octanol–water partition coefficient (Wildman–Crippen LogP) is 18.2. The van der Waals surface area contributed by atoms with Gasteiger partial charge in [-0.1, -0.05) is 206 Å². The van der Waals surface area contributed by atoms with Crippen molar-refractivity contribution >= 4 is 170 Å². The van der Waals surface area contributed by atoms with Gasteiger partial charge < -0.3 is 50.1 Å². The Balaban J connectivity index is 0.000000712. The Hall–Kier alpha value is -7.42. The second-order valence-corrected chi connectivity index (χ2v) is 29.4. The van der Waals surface area contributed by atoms with Crippen LogP contribution in [0.5, 0.6) is 69.0 Å². The van der Waals surface area contributed by atoms with Crippen LogP contribution in [-0.2, 0) is 58.5 Å². The summed E-state index contributed by atoms with van der Waals surface area (Å²) >= 11 is 42.0. The fraction of sp³-hybridized carbons (Fsp3) is 0.270. The summed E-state index contributed by atoms with van der Waals surface area (Å²) in [5, 5.41) is 44.9. The molecule has 9 aromatic rings. The summed E-state index contributed by atoms with van der Waals surface area (Å²) in [5.74, 6) is 6.12. The quantitative estimate of drug-likeness (QED) is 0.0278. The zero-order valence-electron chi connectivity index (χ0n) is 67.5. The van der Waals surface area contributed by atoms with Crippen LogP contribution in [0.2, 0.25) is 30.1 Å². The Morgan fingerprint density at radius 2 is 0.442 bits per heavy atom. The first-order valence-electron chi connectivity index (χ1n) is 34.5. The van der Waals surface area contributed by atoms with Gasteiger partial charge in [0.25, 0.3) is 30.4 Å². The van der Waals surface area contributed by atoms with Gasteiger partial charge in [-0.2, -0.15) is 25.3 Å². The molecule has 15 rings (SSSR count). The molecule has 0 amide bonds. The van der Waals surface area contributed by atoms with Crippen molar-refractivity contribution < 1.29 is 111 Å². The molecule has 0 atom stereocenters. The summed E-state index contributed by atoms with van der Waals surface area (Å²) in [6.45, 7) is 17.4. The van der Waals surface area contributed by atoms with Crippen LogP contribution in [0.1, 0.15) is 48.5 Å². The fourth-order valence-electron chi connectivity index (χ4n) is 8.31. The van der Waals surface area contributed by atoms with Crippen LogP contribution < -0.4 is 82.2 Å². The lowest BCUT2D eigenvalue weighted by Gasteiger charge is -2.20. The molecule has 0 aromatic heterocycles. The Kier molecular flexibility index (Phi) is 54.7. The summed E-state index contributed by atoms with van der Waals surface area (Å²) in [7, 11) is -3.71. The highest BCUT2D eigenvalue weighted by atomic mass is 35.5. The Bertz CT molecular complexity index is 4650. The number of halogens is 6. The molecule has 120 heavy (non-hydrogen) atoms. The summed E-state index contributed by atoms with van der Waals surface area (Å²) in [6, 6.07) is 44.6. The van der Waals surface area contributed by atoms with Gasteiger partial charge in [0.2, 0.25) is 0 Å². The van der Waals surface area contributed by atoms with E-state index in [2.05, 4.69) is 101 Å². The van der Waals surface area contributed by atoms with Crippen molar-refractivity contribution in [3.05, 3.63) is 208 Å². The van der Waals surface area contributed by atoms with Gasteiger partial charge >= 0.3 is 0 Å². The molecule has 0 spiro atoms. The maximum absolute atomic E-state index is 9.19. The topological polar surface area (TPSA) is 471 Å². The molecule has 0 bridgehead atoms. The van der Waals surface area contributed by atoms with Gasteiger partial charge in [0, 0.05) is 54.9 Å². The van der Waals surface area contributed by atoms with Gasteiger partial charge in [-0.15, -0.1) is 13.0 Å². The van der Waals surface area contributed by atoms with Crippen LogP contribution in [0.4, 0.5) is 34.1 Å². The minimum atomic E-state index is -3.67. The molecule has 6 aliphatic rings. The first-order chi connectivity index (χ1) is 57.1. The summed E-state index contributed by atoms with van der Waals surface area (Å²) in [6.07, 6.45) is 7.01. The number of fused-ring (bicyclic) bond motifs is 12. The molecule has 0 fully saturated rings. The third-order valence-electron chi connectivity index (χ3n) is 12.9. The van der Waals surface area contributed by atoms with E-state index < -0.39 is 30.4 Å². The maximum atomic E-state index is 9.19. The summed E-state index contributed by atoms with van der Waals surface area (Å²) in [5.41, 5.74) is 8.64. The smallest absolute Gasteiger partial charge is 0.261 e. The van der Waals surface area contributed by atoms with Gasteiger partial charge in [0.1, 0.15) is 96.4 Å². The molecule has 0 aliphatic carbocycles. The van der Waals surface area contributed by atoms with Crippen LogP contribution in [0.25, 0.3) is 0 Å². The van der Waals surface area contributed by atoms with E-state index in [0.717, 1.165) is 55.8 Å². The van der Waals surface area contributed by atoms with Gasteiger partial charge in [-0.3, -0.25) is 13.7 Å². The normalized spacial score (nSPS) is 11.2. The molecule has 0 radical (unpaired) electrons. The van der Waals surface area contributed by atoms with Crippen LogP contribution in [0.15, 0.2) is 176 Å². The van der Waals surface area contributed by atoms with Gasteiger partial charge in [-0.05, 0) is 121 Å². The maximum Gasteiger partial charge on any atom is 0.261 e. The highest BCUT2D eigenvalue weighted by molar-refractivity contribution is 7.94. The number of rotatable bonds is 9. The van der Waals surface area contributed by atoms with Crippen LogP contribution in [0.3, 0.4) is 0 Å². The molecule has 660 valence electrons. The van der Waals surface area contributed by atoms with Gasteiger partial charge in [0.05, 0.1) is 18.8 Å². The third-order valence-corrected chi connectivity index (χ3v) is 15.6. The molecule has 0 unspecified atom stereocenters. The van der Waals surface area contributed by atoms with Crippen molar-refractivity contribution in [2.75, 3.05) is 85.4 Å². The third kappa shape index (κ3) is 37.7. The predicted molar refractivity (Wildman–Crippen MR) is 472 cm³/mol. The summed E-state index contributed by atoms with van der Waals surface area (Å²) in [4.78, 5) is 27.4. The molecular formula is C74H92Cl6N10O24S6. The number of hydrogen-bond donors (Lipinski definition) is 10. The van der Waals surface area contributed by atoms with E-state index in [1.54, 1.807) is 18.8 Å². The van der Waals surface area contributed by atoms with E-state index in [9.17, 15) is 25.3 Å². The van der Waals surface area contributed by atoms with E-state index in [1.807, 2.05) is 194 Å². The fourth-order valence-corrected chi connectivity index (χ4v) is 10.0. The molecule has 46 heteroatoms. The van der Waals surface area contributed by atoms with Crippen molar-refractivity contribution in [1.82, 2.24) is 16.0 Å². The standard InChI is InChI=1S/3C18H8Cl2N2O2.3C3H9N.2C2H6.CH5N.6CH4O3S/c3*19-13-15-17(23-11-7-3-1-5-9(11)21-15)14(20)16-18(13)24-12-8-4-2-6-10(12)22-16;3*1-3-4-2;3*1-2;3*1-5(2,3)4;3*1-5-4-3-2/h3*1-8H;3*4H,3H2,1-2H3;2*1-2H3;2H2,1H3;3*1H3,(H,2,3,4);3*2H,1H3. The van der Waals surface area contributed by atoms with E-state index in [0.29, 0.717) is 184 Å². The first kappa shape index (κ1) is 111. The SMILES string of the molecule is CC.CC.CCNC.CCNC.CCNC.CN.CS(=O)(=O)O.CS(=O)(=O)O.CS(=O)(=O)O.CSOOO.CSOOO.CSOOO.Clc1c2c(c(Cl)c3c1=Nc1ccccc1O3)=Nc1ccccc1O2.Clc1c2c(c(Cl)c3c1=Nc1ccccc1O3)=Nc1ccccc1O2.Clc1c2c(c(Cl)c3c1=Nc1ccccc1O3)=Nc1ccccc1O2. The zero-order valence-corrected chi connectivity index (χ0v) is 76.9. The van der Waals surface area contributed by atoms with E-state index in [1.165, 1.54) is 7.05 Å². The minimum absolute atomic E-state index is 0.331. The number of ether oxygens (including phenoxy) is 6. The Morgan fingerprint density at radius 3 is 0.533 bits per heavy atom. The Morgan fingerprint density at radius 1 is 0.325 bits per heavy atom. The molecule has 6 heterocycles. The number of nitrogens with zero attached hydrogens (tertiary/aromatic N) is 6. The molecule has 34 nitrogen and oxygen atoms in total. The highest BCUT2D eigenvalue weighted by Crippen LogP contribution is 2.46. The van der Waals surface area contributed by atoms with Crippen molar-refractivity contribution in [1.29, 1.82) is 0 Å². The van der Waals surface area contributed by atoms with Crippen LogP contribution in [0, 0.1) is 0 Å². The summed E-state index contributed by atoms with van der Waals surface area (Å²) < 4.78 is 125. The average Bonchev–Trinajstić information content (AvgIpc) is 0.753. The Labute approximate surface area is 738 Å². The van der Waals surface area contributed by atoms with Crippen molar-refractivity contribution in [3.63, 3.8) is 0 Å². The van der Waals surface area contributed by atoms with Gasteiger partial charge in [0.15, 0.2) is 69.0 Å². The van der Waals surface area contributed by atoms with Crippen LogP contribution in [-0.4, -0.2) is 140 Å². The lowest BCUT2D eigenvalue weighted by Crippen LogP contribution is -2.22. The highest BCUT2D eigenvalue weighted by Gasteiger charge is 2.30. The minimum Gasteiger partial charge on any atom is -0.451 e. The first-order valence-corrected chi connectivity index (χ1v) is 45.8. The average molecular weight is 1910 g/mol. The second kappa shape index (κ2) is 59.4. The molecule has 0 saturated heterocycles. The van der Waals surface area contributed by atoms with E-state index in [4.69, 9.17) is 127 Å². The number of benzene rings is 9. The lowest BCUT2D eigenvalue weighted by molar-refractivity contribution is -0.432. The molecular weight excluding hydrogens is 1820 g/mol. The second-order valence-electron chi connectivity index (χ2n) is 21.3. The van der Waals surface area contributed by atoms with Crippen molar-refractivity contribution in [2.45, 2.75) is 48.5 Å². The number of nitrogens with one attached hydrogen (secondary N) is 3. The number of nitrogens with two attached hydrogens (primary N) is 1. The molecule has 9 aromatic carbocycles. The van der Waals surface area contributed by atoms with Gasteiger partial charge in [-0.25, -0.2) is 45.7 Å².